The molecule has 1 aliphatic carbocycles. The van der Waals surface area contributed by atoms with E-state index in [1.807, 2.05) is 17.4 Å². The highest BCUT2D eigenvalue weighted by molar-refractivity contribution is 7.16. The number of benzene rings is 1. The van der Waals surface area contributed by atoms with Crippen LogP contribution in [0.15, 0.2) is 30.3 Å². The number of nitrogens with zero attached hydrogens (tertiary/aromatic N) is 1. The molecule has 1 saturated carbocycles. The van der Waals surface area contributed by atoms with Crippen molar-refractivity contribution >= 4 is 16.5 Å². The molecule has 3 rings (SSSR count). The number of anilines is 1. The van der Waals surface area contributed by atoms with Crippen LogP contribution in [0.1, 0.15) is 37.5 Å². The van der Waals surface area contributed by atoms with Gasteiger partial charge in [-0.2, -0.15) is 0 Å². The predicted octanol–water partition coefficient (Wildman–Crippen LogP) is 4.51. The minimum Gasteiger partial charge on any atom is -0.359 e. The molecule has 1 N–H and O–H groups in total. The molecule has 0 spiro atoms. The molecule has 0 radical (unpaired) electrons. The second-order valence-corrected chi connectivity index (χ2v) is 6.20. The molecule has 1 aromatic carbocycles. The van der Waals surface area contributed by atoms with Gasteiger partial charge in [-0.05, 0) is 18.8 Å². The van der Waals surface area contributed by atoms with Crippen LogP contribution < -0.4 is 5.32 Å². The third-order valence-electron chi connectivity index (χ3n) is 3.13. The summed E-state index contributed by atoms with van der Waals surface area (Å²) in [5, 5.41) is 4.59. The zero-order chi connectivity index (χ0) is 12.5. The summed E-state index contributed by atoms with van der Waals surface area (Å²) in [7, 11) is 0. The maximum absolute atomic E-state index is 4.79. The van der Waals surface area contributed by atoms with Crippen LogP contribution in [0.5, 0.6) is 0 Å². The van der Waals surface area contributed by atoms with E-state index in [2.05, 4.69) is 43.4 Å². The van der Waals surface area contributed by atoms with Gasteiger partial charge < -0.3 is 5.32 Å². The molecule has 0 bridgehead atoms. The van der Waals surface area contributed by atoms with Gasteiger partial charge in [0.2, 0.25) is 0 Å². The van der Waals surface area contributed by atoms with Gasteiger partial charge in [0.05, 0.1) is 5.69 Å². The van der Waals surface area contributed by atoms with E-state index in [0.29, 0.717) is 12.0 Å². The van der Waals surface area contributed by atoms with Gasteiger partial charge in [0.1, 0.15) is 0 Å². The Labute approximate surface area is 112 Å². The summed E-state index contributed by atoms with van der Waals surface area (Å²) in [5.41, 5.74) is 2.38. The number of rotatable bonds is 4. The summed E-state index contributed by atoms with van der Waals surface area (Å²) in [6, 6.07) is 11.2. The molecule has 1 aromatic heterocycles. The molecule has 94 valence electrons. The molecule has 0 saturated heterocycles. The normalized spacial score (nSPS) is 15.1. The van der Waals surface area contributed by atoms with Gasteiger partial charge in [0.15, 0.2) is 5.13 Å². The molecule has 0 amide bonds. The van der Waals surface area contributed by atoms with Gasteiger partial charge in [-0.15, -0.1) is 11.3 Å². The highest BCUT2D eigenvalue weighted by Gasteiger charge is 2.23. The highest BCUT2D eigenvalue weighted by atomic mass is 32.1. The van der Waals surface area contributed by atoms with Gasteiger partial charge in [0, 0.05) is 16.5 Å². The topological polar surface area (TPSA) is 24.9 Å². The second-order valence-electron chi connectivity index (χ2n) is 5.17. The first-order valence-corrected chi connectivity index (χ1v) is 7.38. The molecular weight excluding hydrogens is 240 g/mol. The molecule has 1 fully saturated rings. The molecule has 0 atom stereocenters. The van der Waals surface area contributed by atoms with E-state index < -0.39 is 0 Å². The average molecular weight is 258 g/mol. The Balaban J connectivity index is 1.97. The van der Waals surface area contributed by atoms with Crippen LogP contribution in [0.25, 0.3) is 11.3 Å². The SMILES string of the molecule is CC(C)c1sc(NC2CC2)nc1-c1ccccc1. The Morgan fingerprint density at radius 3 is 2.56 bits per heavy atom. The standard InChI is InChI=1S/C15H18N2S/c1-10(2)14-13(11-6-4-3-5-7-11)17-15(18-14)16-12-8-9-12/h3-7,10,12H,8-9H2,1-2H3,(H,16,17). The molecule has 3 heteroatoms. The first kappa shape index (κ1) is 11.7. The van der Waals surface area contributed by atoms with Crippen LogP contribution in [0.2, 0.25) is 0 Å². The summed E-state index contributed by atoms with van der Waals surface area (Å²) in [5.74, 6) is 0.521. The van der Waals surface area contributed by atoms with E-state index in [4.69, 9.17) is 4.98 Å². The van der Waals surface area contributed by atoms with Crippen LogP contribution in [0.4, 0.5) is 5.13 Å². The van der Waals surface area contributed by atoms with Crippen molar-refractivity contribution in [1.82, 2.24) is 4.98 Å². The second kappa shape index (κ2) is 4.73. The Morgan fingerprint density at radius 1 is 1.22 bits per heavy atom. The zero-order valence-corrected chi connectivity index (χ0v) is 11.6. The molecule has 1 aliphatic rings. The van der Waals surface area contributed by atoms with Crippen LogP contribution in [-0.4, -0.2) is 11.0 Å². The smallest absolute Gasteiger partial charge is 0.183 e. The Kier molecular flexibility index (Phi) is 3.08. The molecule has 0 aliphatic heterocycles. The van der Waals surface area contributed by atoms with Crippen LogP contribution in [0.3, 0.4) is 0 Å². The molecule has 1 heterocycles. The van der Waals surface area contributed by atoms with Crippen molar-refractivity contribution in [1.29, 1.82) is 0 Å². The van der Waals surface area contributed by atoms with E-state index in [1.54, 1.807) is 0 Å². The summed E-state index contributed by atoms with van der Waals surface area (Å²) in [6.45, 7) is 4.47. The largest absolute Gasteiger partial charge is 0.359 e. The third kappa shape index (κ3) is 2.41. The zero-order valence-electron chi connectivity index (χ0n) is 10.8. The average Bonchev–Trinajstić information content (AvgIpc) is 3.07. The van der Waals surface area contributed by atoms with Gasteiger partial charge in [-0.1, -0.05) is 44.2 Å². The summed E-state index contributed by atoms with van der Waals surface area (Å²) in [6.07, 6.45) is 2.58. The summed E-state index contributed by atoms with van der Waals surface area (Å²) >= 11 is 1.81. The number of aromatic nitrogens is 1. The van der Waals surface area contributed by atoms with Crippen molar-refractivity contribution in [3.63, 3.8) is 0 Å². The van der Waals surface area contributed by atoms with E-state index in [1.165, 1.54) is 23.3 Å². The predicted molar refractivity (Wildman–Crippen MR) is 78.3 cm³/mol. The van der Waals surface area contributed by atoms with E-state index >= 15 is 0 Å². The maximum Gasteiger partial charge on any atom is 0.183 e. The monoisotopic (exact) mass is 258 g/mol. The molecule has 2 aromatic rings. The Bertz CT molecular complexity index is 527. The first-order chi connectivity index (χ1) is 8.74. The lowest BCUT2D eigenvalue weighted by Crippen LogP contribution is -1.99. The lowest BCUT2D eigenvalue weighted by molar-refractivity contribution is 0.888. The number of hydrogen-bond acceptors (Lipinski definition) is 3. The van der Waals surface area contributed by atoms with E-state index in [-0.39, 0.29) is 0 Å². The fourth-order valence-corrected chi connectivity index (χ4v) is 3.06. The number of nitrogens with one attached hydrogen (secondary N) is 1. The fraction of sp³-hybridized carbons (Fsp3) is 0.400. The van der Waals surface area contributed by atoms with Crippen molar-refractivity contribution in [2.75, 3.05) is 5.32 Å². The van der Waals surface area contributed by atoms with Crippen LogP contribution in [-0.2, 0) is 0 Å². The van der Waals surface area contributed by atoms with Crippen LogP contribution >= 0.6 is 11.3 Å². The van der Waals surface area contributed by atoms with E-state index in [9.17, 15) is 0 Å². The molecule has 2 nitrogen and oxygen atoms in total. The van der Waals surface area contributed by atoms with Crippen molar-refractivity contribution < 1.29 is 0 Å². The van der Waals surface area contributed by atoms with Gasteiger partial charge >= 0.3 is 0 Å². The Morgan fingerprint density at radius 2 is 1.94 bits per heavy atom. The molecule has 0 unspecified atom stereocenters. The van der Waals surface area contributed by atoms with Crippen molar-refractivity contribution in [3.05, 3.63) is 35.2 Å². The van der Waals surface area contributed by atoms with E-state index in [0.717, 1.165) is 10.8 Å². The summed E-state index contributed by atoms with van der Waals surface area (Å²) < 4.78 is 0. The van der Waals surface area contributed by atoms with Gasteiger partial charge in [0.25, 0.3) is 0 Å². The van der Waals surface area contributed by atoms with Crippen molar-refractivity contribution in [2.45, 2.75) is 38.6 Å². The minimum atomic E-state index is 0.521. The molecule has 18 heavy (non-hydrogen) atoms. The maximum atomic E-state index is 4.79. The fourth-order valence-electron chi connectivity index (χ4n) is 1.99. The lowest BCUT2D eigenvalue weighted by atomic mass is 10.1. The quantitative estimate of drug-likeness (QED) is 0.873. The lowest BCUT2D eigenvalue weighted by Gasteiger charge is -2.04. The van der Waals surface area contributed by atoms with Gasteiger partial charge in [-0.25, -0.2) is 4.98 Å². The minimum absolute atomic E-state index is 0.521. The van der Waals surface area contributed by atoms with Crippen molar-refractivity contribution in [2.24, 2.45) is 0 Å². The Hall–Kier alpha value is -1.35. The molecular formula is C15H18N2S. The number of hydrogen-bond donors (Lipinski definition) is 1. The summed E-state index contributed by atoms with van der Waals surface area (Å²) in [4.78, 5) is 6.17. The number of thiazole rings is 1. The first-order valence-electron chi connectivity index (χ1n) is 6.56. The van der Waals surface area contributed by atoms with Gasteiger partial charge in [-0.3, -0.25) is 0 Å². The van der Waals surface area contributed by atoms with Crippen LogP contribution in [0, 0.1) is 0 Å². The van der Waals surface area contributed by atoms with Crippen molar-refractivity contribution in [3.8, 4) is 11.3 Å². The third-order valence-corrected chi connectivity index (χ3v) is 4.42. The highest BCUT2D eigenvalue weighted by Crippen LogP contribution is 2.37.